The number of ether oxygens (including phenoxy) is 2. The molecular weight excluding hydrogens is 466 g/mol. The summed E-state index contributed by atoms with van der Waals surface area (Å²) in [5.74, 6) is 1.26. The second-order valence-electron chi connectivity index (χ2n) is 8.86. The maximum Gasteiger partial charge on any atom is 0.410 e. The molecule has 0 saturated heterocycles. The average molecular weight is 496 g/mol. The number of aromatic nitrogens is 3. The van der Waals surface area contributed by atoms with Crippen molar-refractivity contribution in [3.63, 3.8) is 0 Å². The summed E-state index contributed by atoms with van der Waals surface area (Å²) in [6, 6.07) is 9.46. The number of nitrogens with zero attached hydrogens (tertiary/aromatic N) is 3. The normalized spacial score (nSPS) is 18.8. The molecule has 9 heteroatoms. The third-order valence-corrected chi connectivity index (χ3v) is 6.87. The number of nitrogens with two attached hydrogens (primary N) is 1. The van der Waals surface area contributed by atoms with Crippen LogP contribution in [0, 0.1) is 6.92 Å². The summed E-state index contributed by atoms with van der Waals surface area (Å²) in [6.07, 6.45) is 5.49. The monoisotopic (exact) mass is 495 g/mol. The summed E-state index contributed by atoms with van der Waals surface area (Å²) >= 11 is 6.41. The highest BCUT2D eigenvalue weighted by molar-refractivity contribution is 6.24. The van der Waals surface area contributed by atoms with Gasteiger partial charge in [0.05, 0.1) is 18.5 Å². The third-order valence-electron chi connectivity index (χ3n) is 6.56. The lowest BCUT2D eigenvalue weighted by Gasteiger charge is -2.35. The van der Waals surface area contributed by atoms with Gasteiger partial charge in [0.15, 0.2) is 0 Å². The Kier molecular flexibility index (Phi) is 6.47. The smallest absolute Gasteiger partial charge is 0.410 e. The van der Waals surface area contributed by atoms with E-state index < -0.39 is 0 Å². The summed E-state index contributed by atoms with van der Waals surface area (Å²) in [5, 5.41) is 6.49. The molecule has 3 aromatic rings. The van der Waals surface area contributed by atoms with Crippen LogP contribution in [-0.4, -0.2) is 50.9 Å². The van der Waals surface area contributed by atoms with Crippen LogP contribution in [-0.2, 0) is 17.7 Å². The largest absolute Gasteiger partial charge is 0.492 e. The highest BCUT2D eigenvalue weighted by Gasteiger charge is 2.35. The van der Waals surface area contributed by atoms with E-state index in [1.165, 1.54) is 5.56 Å². The van der Waals surface area contributed by atoms with Gasteiger partial charge in [-0.1, -0.05) is 24.3 Å². The lowest BCUT2D eigenvalue weighted by Crippen LogP contribution is -2.42. The van der Waals surface area contributed by atoms with E-state index in [1.807, 2.05) is 48.9 Å². The number of benzene rings is 1. The Balaban J connectivity index is 1.41. The van der Waals surface area contributed by atoms with Crippen LogP contribution in [0.25, 0.3) is 12.2 Å². The van der Waals surface area contributed by atoms with Gasteiger partial charge in [0.25, 0.3) is 0 Å². The van der Waals surface area contributed by atoms with Crippen molar-refractivity contribution in [1.29, 1.82) is 0 Å². The van der Waals surface area contributed by atoms with E-state index in [9.17, 15) is 4.79 Å². The van der Waals surface area contributed by atoms with E-state index in [0.717, 1.165) is 46.1 Å². The molecule has 0 radical (unpaired) electrons. The van der Waals surface area contributed by atoms with Crippen LogP contribution < -0.4 is 21.0 Å². The van der Waals surface area contributed by atoms with E-state index in [4.69, 9.17) is 26.8 Å². The number of fused-ring (bicyclic) bond motifs is 3. The van der Waals surface area contributed by atoms with Gasteiger partial charge >= 0.3 is 6.09 Å². The first kappa shape index (κ1) is 23.4. The number of aryl methyl sites for hydroxylation is 1. The van der Waals surface area contributed by atoms with Gasteiger partial charge in [-0.15, -0.1) is 11.6 Å². The Morgan fingerprint density at radius 2 is 2.11 bits per heavy atom. The quantitative estimate of drug-likeness (QED) is 0.512. The topological polar surface area (TPSA) is 98.4 Å². The Morgan fingerprint density at radius 3 is 2.83 bits per heavy atom. The van der Waals surface area contributed by atoms with Crippen molar-refractivity contribution in [3.8, 4) is 5.75 Å². The fraction of sp³-hybridized carbons (Fsp3) is 0.385. The van der Waals surface area contributed by atoms with Crippen LogP contribution in [0.15, 0.2) is 30.3 Å². The molecular formula is C26H30ClN5O3. The first-order valence-corrected chi connectivity index (χ1v) is 12.4. The molecule has 3 N–H and O–H groups in total. The van der Waals surface area contributed by atoms with Crippen LogP contribution in [0.1, 0.15) is 41.9 Å². The van der Waals surface area contributed by atoms with E-state index in [-0.39, 0.29) is 17.5 Å². The van der Waals surface area contributed by atoms with Gasteiger partial charge in [0, 0.05) is 34.6 Å². The van der Waals surface area contributed by atoms with Gasteiger partial charge in [0.1, 0.15) is 24.2 Å². The molecule has 0 spiro atoms. The van der Waals surface area contributed by atoms with E-state index >= 15 is 0 Å². The van der Waals surface area contributed by atoms with Crippen LogP contribution in [0.2, 0.25) is 0 Å². The van der Waals surface area contributed by atoms with Gasteiger partial charge in [-0.3, -0.25) is 9.58 Å². The number of alkyl halides is 1. The molecule has 5 rings (SSSR count). The number of hydrogen-bond donors (Lipinski definition) is 2. The maximum absolute atomic E-state index is 12.9. The molecule has 0 saturated carbocycles. The molecule has 0 fully saturated rings. The molecule has 2 unspecified atom stereocenters. The number of nitrogens with one attached hydrogen (secondary N) is 1. The highest BCUT2D eigenvalue weighted by atomic mass is 35.5. The Labute approximate surface area is 209 Å². The number of halogens is 1. The van der Waals surface area contributed by atoms with Crippen LogP contribution in [0.5, 0.6) is 5.75 Å². The van der Waals surface area contributed by atoms with E-state index in [2.05, 4.69) is 22.2 Å². The van der Waals surface area contributed by atoms with E-state index in [1.54, 1.807) is 4.90 Å². The predicted molar refractivity (Wildman–Crippen MR) is 136 cm³/mol. The number of carbonyl (C=O) groups is 1. The summed E-state index contributed by atoms with van der Waals surface area (Å²) < 4.78 is 13.2. The van der Waals surface area contributed by atoms with Gasteiger partial charge in [0.2, 0.25) is 0 Å². The first-order valence-electron chi connectivity index (χ1n) is 12.0. The highest BCUT2D eigenvalue weighted by Crippen LogP contribution is 2.34. The zero-order valence-corrected chi connectivity index (χ0v) is 20.7. The molecule has 2 atom stereocenters. The molecule has 0 bridgehead atoms. The average Bonchev–Trinajstić information content (AvgIpc) is 3.37. The van der Waals surface area contributed by atoms with Crippen LogP contribution >= 0.6 is 11.6 Å². The summed E-state index contributed by atoms with van der Waals surface area (Å²) in [6.45, 7) is 5.78. The number of nitrogen functional groups attached to an aromatic ring is 1. The molecule has 8 nitrogen and oxygen atoms in total. The number of H-pyrrole nitrogens is 1. The van der Waals surface area contributed by atoms with Crippen molar-refractivity contribution in [2.24, 2.45) is 0 Å². The minimum Gasteiger partial charge on any atom is -0.492 e. The van der Waals surface area contributed by atoms with Crippen molar-refractivity contribution in [2.75, 3.05) is 25.5 Å². The number of amides is 1. The van der Waals surface area contributed by atoms with E-state index in [0.29, 0.717) is 32.1 Å². The number of rotatable bonds is 6. The fourth-order valence-corrected chi connectivity index (χ4v) is 5.17. The summed E-state index contributed by atoms with van der Waals surface area (Å²) in [5.41, 5.74) is 9.98. The third kappa shape index (κ3) is 4.62. The first-order chi connectivity index (χ1) is 16.9. The second kappa shape index (κ2) is 9.70. The van der Waals surface area contributed by atoms with Crippen molar-refractivity contribution < 1.29 is 14.3 Å². The standard InChI is InChI=1S/C26H30ClN5O3/c1-3-34-26(33)31-11-10-20-21-15-18(27)6-9-22(21)29-24(20)25(31)17-4-7-19(8-5-17)35-13-12-32-16(2)14-23(28)30-32/h4-5,7-9,14-15,18,25,29H,3,6,10-13H2,1-2H3,(H2,28,30). The zero-order chi connectivity index (χ0) is 24.5. The Morgan fingerprint density at radius 1 is 1.31 bits per heavy atom. The van der Waals surface area contributed by atoms with Crippen molar-refractivity contribution in [1.82, 2.24) is 19.7 Å². The Bertz CT molecular complexity index is 1340. The molecule has 2 aliphatic rings. The molecule has 2 aromatic heterocycles. The van der Waals surface area contributed by atoms with Gasteiger partial charge in [-0.25, -0.2) is 4.79 Å². The van der Waals surface area contributed by atoms with Gasteiger partial charge < -0.3 is 20.2 Å². The number of anilines is 1. The lowest BCUT2D eigenvalue weighted by molar-refractivity contribution is 0.0930. The summed E-state index contributed by atoms with van der Waals surface area (Å²) in [7, 11) is 0. The van der Waals surface area contributed by atoms with Crippen LogP contribution in [0.4, 0.5) is 10.6 Å². The molecule has 1 amide bonds. The fourth-order valence-electron chi connectivity index (χ4n) is 4.95. The van der Waals surface area contributed by atoms with Gasteiger partial charge in [-0.05, 0) is 49.9 Å². The second-order valence-corrected chi connectivity index (χ2v) is 9.42. The molecule has 1 aliphatic heterocycles. The Hall–Kier alpha value is -3.39. The van der Waals surface area contributed by atoms with Crippen molar-refractivity contribution >= 4 is 35.7 Å². The van der Waals surface area contributed by atoms with Crippen molar-refractivity contribution in [2.45, 2.75) is 44.7 Å². The maximum atomic E-state index is 12.9. The minimum atomic E-state index is -0.312. The molecule has 1 aliphatic carbocycles. The number of aromatic amines is 1. The molecule has 184 valence electrons. The lowest BCUT2D eigenvalue weighted by atomic mass is 9.92. The van der Waals surface area contributed by atoms with Crippen LogP contribution in [0.3, 0.4) is 0 Å². The summed E-state index contributed by atoms with van der Waals surface area (Å²) in [4.78, 5) is 18.2. The van der Waals surface area contributed by atoms with Crippen molar-refractivity contribution in [3.05, 3.63) is 63.4 Å². The zero-order valence-electron chi connectivity index (χ0n) is 20.0. The predicted octanol–water partition coefficient (Wildman–Crippen LogP) is 2.86. The number of carbonyl (C=O) groups excluding carboxylic acids is 1. The molecule has 35 heavy (non-hydrogen) atoms. The van der Waals surface area contributed by atoms with Gasteiger partial charge in [-0.2, -0.15) is 5.10 Å². The SMILES string of the molecule is CCOC(=O)N1CCc2c([nH]c3c2=CC(Cl)CC=3)C1c1ccc(OCCn2nc(N)cc2C)cc1. The minimum absolute atomic E-state index is 0.0117. The molecule has 1 aromatic carbocycles. The molecule has 3 heterocycles. The number of hydrogen-bond acceptors (Lipinski definition) is 5.